The Kier molecular flexibility index (Phi) is 4.17. The normalized spacial score (nSPS) is 11.6. The maximum Gasteiger partial charge on any atom is 0.275 e. The highest BCUT2D eigenvalue weighted by Crippen LogP contribution is 2.17. The highest BCUT2D eigenvalue weighted by molar-refractivity contribution is 7.89. The van der Waals surface area contributed by atoms with Crippen LogP contribution in [0.1, 0.15) is 10.5 Å². The molecule has 1 heterocycles. The zero-order valence-corrected chi connectivity index (χ0v) is 12.5. The summed E-state index contributed by atoms with van der Waals surface area (Å²) in [5, 5.41) is 4.29. The maximum absolute atomic E-state index is 11.9. The topological polar surface area (TPSA) is 79.4 Å². The van der Waals surface area contributed by atoms with Gasteiger partial charge in [-0.15, -0.1) is 11.3 Å². The first-order valence-corrected chi connectivity index (χ1v) is 8.01. The molecule has 0 aliphatic heterocycles. The van der Waals surface area contributed by atoms with Crippen LogP contribution in [0.3, 0.4) is 0 Å². The average molecular weight is 311 g/mol. The Bertz CT molecular complexity index is 692. The summed E-state index contributed by atoms with van der Waals surface area (Å²) in [5.41, 5.74) is 2.42. The number of carbonyl (C=O) groups excluding carboxylic acids is 1. The minimum absolute atomic E-state index is 0.175. The number of nitrogens with one attached hydrogen (secondary N) is 1. The number of sulfonamides is 1. The van der Waals surface area contributed by atoms with Gasteiger partial charge in [-0.05, 0) is 24.3 Å². The molecule has 0 spiro atoms. The molecule has 0 bridgehead atoms. The summed E-state index contributed by atoms with van der Waals surface area (Å²) < 4.78 is 24.9. The quantitative estimate of drug-likeness (QED) is 0.931. The molecule has 0 unspecified atom stereocenters. The van der Waals surface area contributed by atoms with E-state index in [2.05, 4.69) is 10.3 Å². The first kappa shape index (κ1) is 14.6. The molecular formula is C12H13N3O3S2. The van der Waals surface area contributed by atoms with Gasteiger partial charge in [-0.3, -0.25) is 4.79 Å². The van der Waals surface area contributed by atoms with Crippen molar-refractivity contribution >= 4 is 33.0 Å². The highest BCUT2D eigenvalue weighted by Gasteiger charge is 2.17. The van der Waals surface area contributed by atoms with E-state index in [1.165, 1.54) is 37.6 Å². The standard InChI is InChI=1S/C12H13N3O3S2/c1-15(2)20(17,18)10-5-3-9(4-6-10)14-12(16)11-7-19-8-13-11/h3-8H,1-2H3,(H,14,16). The molecule has 1 N–H and O–H groups in total. The lowest BCUT2D eigenvalue weighted by atomic mass is 10.3. The molecule has 0 aliphatic rings. The number of nitrogens with zero attached hydrogens (tertiary/aromatic N) is 2. The number of carbonyl (C=O) groups is 1. The summed E-state index contributed by atoms with van der Waals surface area (Å²) in [4.78, 5) is 15.8. The fourth-order valence-electron chi connectivity index (χ4n) is 1.44. The van der Waals surface area contributed by atoms with Crippen LogP contribution in [0.15, 0.2) is 40.1 Å². The maximum atomic E-state index is 11.9. The Morgan fingerprint density at radius 3 is 2.40 bits per heavy atom. The lowest BCUT2D eigenvalue weighted by Gasteiger charge is -2.11. The van der Waals surface area contributed by atoms with Gasteiger partial charge in [-0.2, -0.15) is 0 Å². The number of benzene rings is 1. The SMILES string of the molecule is CN(C)S(=O)(=O)c1ccc(NC(=O)c2cscn2)cc1. The van der Waals surface area contributed by atoms with E-state index < -0.39 is 10.0 Å². The van der Waals surface area contributed by atoms with Crippen molar-refractivity contribution in [3.8, 4) is 0 Å². The average Bonchev–Trinajstić information content (AvgIpc) is 2.93. The lowest BCUT2D eigenvalue weighted by molar-refractivity contribution is 0.102. The van der Waals surface area contributed by atoms with Gasteiger partial charge in [0.05, 0.1) is 10.4 Å². The Labute approximate surface area is 121 Å². The van der Waals surface area contributed by atoms with Crippen molar-refractivity contribution in [1.82, 2.24) is 9.29 Å². The third-order valence-corrected chi connectivity index (χ3v) is 4.97. The number of rotatable bonds is 4. The number of anilines is 1. The van der Waals surface area contributed by atoms with Gasteiger partial charge in [0.2, 0.25) is 10.0 Å². The van der Waals surface area contributed by atoms with Gasteiger partial charge in [0.1, 0.15) is 5.69 Å². The fraction of sp³-hybridized carbons (Fsp3) is 0.167. The highest BCUT2D eigenvalue weighted by atomic mass is 32.2. The van der Waals surface area contributed by atoms with Crippen LogP contribution in [0.4, 0.5) is 5.69 Å². The van der Waals surface area contributed by atoms with Crippen molar-refractivity contribution in [2.75, 3.05) is 19.4 Å². The molecule has 0 saturated carbocycles. The van der Waals surface area contributed by atoms with E-state index in [0.29, 0.717) is 11.4 Å². The van der Waals surface area contributed by atoms with E-state index in [0.717, 1.165) is 4.31 Å². The minimum atomic E-state index is -3.46. The number of amides is 1. The Morgan fingerprint density at radius 1 is 1.25 bits per heavy atom. The Morgan fingerprint density at radius 2 is 1.90 bits per heavy atom. The van der Waals surface area contributed by atoms with Crippen LogP contribution in [0.25, 0.3) is 0 Å². The molecule has 1 aromatic carbocycles. The molecule has 106 valence electrons. The Balaban J connectivity index is 2.15. The van der Waals surface area contributed by atoms with E-state index in [1.54, 1.807) is 23.0 Å². The summed E-state index contributed by atoms with van der Waals surface area (Å²) in [6.45, 7) is 0. The first-order valence-electron chi connectivity index (χ1n) is 5.63. The summed E-state index contributed by atoms with van der Waals surface area (Å²) in [6.07, 6.45) is 0. The van der Waals surface area contributed by atoms with Crippen LogP contribution in [0.2, 0.25) is 0 Å². The van der Waals surface area contributed by atoms with Gasteiger partial charge < -0.3 is 5.32 Å². The van der Waals surface area contributed by atoms with Gasteiger partial charge in [0.15, 0.2) is 0 Å². The number of hydrogen-bond donors (Lipinski definition) is 1. The van der Waals surface area contributed by atoms with E-state index in [4.69, 9.17) is 0 Å². The number of hydrogen-bond acceptors (Lipinski definition) is 5. The van der Waals surface area contributed by atoms with E-state index in [9.17, 15) is 13.2 Å². The zero-order valence-electron chi connectivity index (χ0n) is 10.9. The second kappa shape index (κ2) is 5.70. The second-order valence-electron chi connectivity index (χ2n) is 4.14. The second-order valence-corrected chi connectivity index (χ2v) is 7.01. The third kappa shape index (κ3) is 3.03. The zero-order chi connectivity index (χ0) is 14.8. The van der Waals surface area contributed by atoms with Gasteiger partial charge >= 0.3 is 0 Å². The summed E-state index contributed by atoms with van der Waals surface area (Å²) in [7, 11) is -0.524. The molecule has 0 saturated heterocycles. The van der Waals surface area contributed by atoms with Crippen molar-refractivity contribution in [3.05, 3.63) is 40.8 Å². The molecule has 0 atom stereocenters. The fourth-order valence-corrected chi connectivity index (χ4v) is 2.87. The largest absolute Gasteiger partial charge is 0.321 e. The Hall–Kier alpha value is -1.77. The third-order valence-electron chi connectivity index (χ3n) is 2.56. The molecule has 6 nitrogen and oxygen atoms in total. The van der Waals surface area contributed by atoms with Crippen LogP contribution in [-0.4, -0.2) is 37.7 Å². The molecule has 0 radical (unpaired) electrons. The molecule has 8 heteroatoms. The summed E-state index contributed by atoms with van der Waals surface area (Å²) in [5.74, 6) is -0.325. The molecule has 0 aliphatic carbocycles. The van der Waals surface area contributed by atoms with Gasteiger partial charge in [-0.1, -0.05) is 0 Å². The monoisotopic (exact) mass is 311 g/mol. The minimum Gasteiger partial charge on any atom is -0.321 e. The predicted molar refractivity (Wildman–Crippen MR) is 77.4 cm³/mol. The van der Waals surface area contributed by atoms with Crippen LogP contribution in [0.5, 0.6) is 0 Å². The van der Waals surface area contributed by atoms with Crippen LogP contribution >= 0.6 is 11.3 Å². The van der Waals surface area contributed by atoms with Crippen molar-refractivity contribution in [3.63, 3.8) is 0 Å². The van der Waals surface area contributed by atoms with Crippen molar-refractivity contribution < 1.29 is 13.2 Å². The van der Waals surface area contributed by atoms with Crippen molar-refractivity contribution in [2.24, 2.45) is 0 Å². The molecule has 1 aromatic heterocycles. The molecule has 1 amide bonds. The smallest absolute Gasteiger partial charge is 0.275 e. The van der Waals surface area contributed by atoms with Crippen LogP contribution in [-0.2, 0) is 10.0 Å². The summed E-state index contributed by atoms with van der Waals surface area (Å²) >= 11 is 1.33. The number of thiazole rings is 1. The lowest BCUT2D eigenvalue weighted by Crippen LogP contribution is -2.22. The van der Waals surface area contributed by atoms with E-state index >= 15 is 0 Å². The molecule has 20 heavy (non-hydrogen) atoms. The first-order chi connectivity index (χ1) is 9.41. The van der Waals surface area contributed by atoms with Crippen molar-refractivity contribution in [2.45, 2.75) is 4.90 Å². The van der Waals surface area contributed by atoms with E-state index in [-0.39, 0.29) is 10.8 Å². The van der Waals surface area contributed by atoms with E-state index in [1.807, 2.05) is 0 Å². The molecule has 0 fully saturated rings. The van der Waals surface area contributed by atoms with Crippen molar-refractivity contribution in [1.29, 1.82) is 0 Å². The van der Waals surface area contributed by atoms with Gasteiger partial charge in [0.25, 0.3) is 5.91 Å². The van der Waals surface area contributed by atoms with Crippen LogP contribution < -0.4 is 5.32 Å². The number of aromatic nitrogens is 1. The summed E-state index contributed by atoms with van der Waals surface area (Å²) in [6, 6.07) is 5.99. The van der Waals surface area contributed by atoms with Gasteiger partial charge in [0, 0.05) is 25.2 Å². The van der Waals surface area contributed by atoms with Crippen LogP contribution in [0, 0.1) is 0 Å². The molecular weight excluding hydrogens is 298 g/mol. The molecule has 2 aromatic rings. The molecule has 2 rings (SSSR count). The predicted octanol–water partition coefficient (Wildman–Crippen LogP) is 1.65. The van der Waals surface area contributed by atoms with Gasteiger partial charge in [-0.25, -0.2) is 17.7 Å².